The largest absolute Gasteiger partial charge is 0.355 e. The summed E-state index contributed by atoms with van der Waals surface area (Å²) in [5, 5.41) is 2.86. The molecule has 0 bridgehead atoms. The van der Waals surface area contributed by atoms with Crippen molar-refractivity contribution in [3.63, 3.8) is 0 Å². The predicted octanol–water partition coefficient (Wildman–Crippen LogP) is 1.41. The molecule has 0 aromatic carbocycles. The smallest absolute Gasteiger partial charge is 0.216 e. The van der Waals surface area contributed by atoms with Gasteiger partial charge in [0.1, 0.15) is 0 Å². The molecule has 0 aromatic heterocycles. The Morgan fingerprint density at radius 2 is 1.85 bits per heavy atom. The fourth-order valence-electron chi connectivity index (χ4n) is 2.77. The minimum Gasteiger partial charge on any atom is -0.355 e. The molecule has 1 saturated heterocycles. The molecule has 1 fully saturated rings. The molecule has 4 nitrogen and oxygen atoms in total. The Morgan fingerprint density at radius 1 is 1.15 bits per heavy atom. The molecule has 1 N–H and O–H groups in total. The molecule has 0 aromatic rings. The van der Waals surface area contributed by atoms with Gasteiger partial charge in [0.2, 0.25) is 5.91 Å². The molecule has 0 atom stereocenters. The lowest BCUT2D eigenvalue weighted by molar-refractivity contribution is -0.119. The van der Waals surface area contributed by atoms with Crippen molar-refractivity contribution in [1.82, 2.24) is 15.1 Å². The van der Waals surface area contributed by atoms with Gasteiger partial charge in [0, 0.05) is 52.7 Å². The van der Waals surface area contributed by atoms with E-state index in [0.717, 1.165) is 39.3 Å². The van der Waals surface area contributed by atoms with E-state index in [1.165, 1.54) is 31.4 Å². The fourth-order valence-corrected chi connectivity index (χ4v) is 2.77. The highest BCUT2D eigenvalue weighted by Crippen LogP contribution is 2.14. The summed E-state index contributed by atoms with van der Waals surface area (Å²) < 4.78 is 0. The lowest BCUT2D eigenvalue weighted by Crippen LogP contribution is -2.48. The second-order valence-corrected chi connectivity index (χ2v) is 5.68. The summed E-state index contributed by atoms with van der Waals surface area (Å²) in [6.45, 7) is 9.04. The first kappa shape index (κ1) is 15.3. The van der Waals surface area contributed by atoms with Crippen molar-refractivity contribution in [1.29, 1.82) is 0 Å². The monoisotopic (exact) mass is 277 g/mol. The highest BCUT2D eigenvalue weighted by molar-refractivity contribution is 5.72. The second-order valence-electron chi connectivity index (χ2n) is 5.68. The first-order chi connectivity index (χ1) is 9.74. The van der Waals surface area contributed by atoms with E-state index in [-0.39, 0.29) is 5.91 Å². The van der Waals surface area contributed by atoms with Gasteiger partial charge in [-0.1, -0.05) is 23.8 Å². The Bertz CT molecular complexity index is 368. The van der Waals surface area contributed by atoms with Crippen LogP contribution in [0.2, 0.25) is 0 Å². The Morgan fingerprint density at radius 3 is 2.45 bits per heavy atom. The third-order valence-electron chi connectivity index (χ3n) is 4.06. The Hall–Kier alpha value is -1.13. The number of rotatable bonds is 6. The summed E-state index contributed by atoms with van der Waals surface area (Å²) in [6.07, 6.45) is 10.5. The van der Waals surface area contributed by atoms with E-state index in [0.29, 0.717) is 0 Å². The van der Waals surface area contributed by atoms with Gasteiger partial charge < -0.3 is 10.2 Å². The van der Waals surface area contributed by atoms with Crippen molar-refractivity contribution in [2.75, 3.05) is 45.8 Å². The van der Waals surface area contributed by atoms with E-state index in [9.17, 15) is 4.79 Å². The number of nitrogens with zero attached hydrogens (tertiary/aromatic N) is 2. The van der Waals surface area contributed by atoms with Crippen LogP contribution in [0.25, 0.3) is 0 Å². The van der Waals surface area contributed by atoms with Crippen LogP contribution >= 0.6 is 0 Å². The Labute approximate surface area is 122 Å². The SMILES string of the molecule is CC(=O)NCCN1CCN(CCC2=CCCC=C2)CC1. The number of hydrogen-bond acceptors (Lipinski definition) is 3. The van der Waals surface area contributed by atoms with Gasteiger partial charge in [-0.15, -0.1) is 0 Å². The lowest BCUT2D eigenvalue weighted by atomic mass is 10.0. The minimum absolute atomic E-state index is 0.0671. The molecule has 0 spiro atoms. The predicted molar refractivity (Wildman–Crippen MR) is 82.6 cm³/mol. The molecule has 4 heteroatoms. The van der Waals surface area contributed by atoms with Crippen LogP contribution < -0.4 is 5.32 Å². The Balaban J connectivity index is 1.58. The number of amides is 1. The second kappa shape index (κ2) is 8.22. The summed E-state index contributed by atoms with van der Waals surface area (Å²) >= 11 is 0. The fraction of sp³-hybridized carbons (Fsp3) is 0.688. The zero-order chi connectivity index (χ0) is 14.2. The third-order valence-corrected chi connectivity index (χ3v) is 4.06. The van der Waals surface area contributed by atoms with Crippen molar-refractivity contribution in [3.8, 4) is 0 Å². The maximum Gasteiger partial charge on any atom is 0.216 e. The van der Waals surface area contributed by atoms with Crippen molar-refractivity contribution in [3.05, 3.63) is 23.8 Å². The van der Waals surface area contributed by atoms with Gasteiger partial charge in [0.25, 0.3) is 0 Å². The van der Waals surface area contributed by atoms with Gasteiger partial charge in [-0.3, -0.25) is 9.69 Å². The molecule has 0 unspecified atom stereocenters. The van der Waals surface area contributed by atoms with E-state index in [1.54, 1.807) is 6.92 Å². The number of piperazine rings is 1. The van der Waals surface area contributed by atoms with Crippen LogP contribution in [0.3, 0.4) is 0 Å². The highest BCUT2D eigenvalue weighted by Gasteiger charge is 2.16. The molecule has 1 heterocycles. The van der Waals surface area contributed by atoms with E-state index in [4.69, 9.17) is 0 Å². The quantitative estimate of drug-likeness (QED) is 0.797. The maximum absolute atomic E-state index is 10.8. The molecular formula is C16H27N3O. The van der Waals surface area contributed by atoms with Crippen LogP contribution in [0, 0.1) is 0 Å². The van der Waals surface area contributed by atoms with Gasteiger partial charge in [-0.2, -0.15) is 0 Å². The average molecular weight is 277 g/mol. The van der Waals surface area contributed by atoms with Crippen LogP contribution in [0.1, 0.15) is 26.2 Å². The summed E-state index contributed by atoms with van der Waals surface area (Å²) in [6, 6.07) is 0. The number of carbonyl (C=O) groups is 1. The van der Waals surface area contributed by atoms with Crippen LogP contribution in [-0.2, 0) is 4.79 Å². The van der Waals surface area contributed by atoms with Crippen molar-refractivity contribution in [2.45, 2.75) is 26.2 Å². The van der Waals surface area contributed by atoms with E-state index in [1.807, 2.05) is 0 Å². The molecule has 20 heavy (non-hydrogen) atoms. The summed E-state index contributed by atoms with van der Waals surface area (Å²) in [5.41, 5.74) is 1.50. The van der Waals surface area contributed by atoms with Crippen LogP contribution in [0.4, 0.5) is 0 Å². The van der Waals surface area contributed by atoms with Gasteiger partial charge in [0.05, 0.1) is 0 Å². The van der Waals surface area contributed by atoms with Crippen molar-refractivity contribution < 1.29 is 4.79 Å². The molecule has 0 saturated carbocycles. The van der Waals surface area contributed by atoms with Crippen LogP contribution in [0.15, 0.2) is 23.8 Å². The van der Waals surface area contributed by atoms with E-state index >= 15 is 0 Å². The number of allylic oxidation sites excluding steroid dienone is 3. The molecule has 1 amide bonds. The maximum atomic E-state index is 10.8. The zero-order valence-corrected chi connectivity index (χ0v) is 12.6. The van der Waals surface area contributed by atoms with Gasteiger partial charge in [-0.05, 0) is 19.3 Å². The highest BCUT2D eigenvalue weighted by atomic mass is 16.1. The van der Waals surface area contributed by atoms with Crippen LogP contribution in [0.5, 0.6) is 0 Å². The number of hydrogen-bond donors (Lipinski definition) is 1. The molecular weight excluding hydrogens is 250 g/mol. The van der Waals surface area contributed by atoms with Gasteiger partial charge in [0.15, 0.2) is 0 Å². The standard InChI is InChI=1S/C16H27N3O/c1-15(20)17-8-10-19-13-11-18(12-14-19)9-7-16-5-3-2-4-6-16/h3,5-6H,2,4,7-14H2,1H3,(H,17,20). The van der Waals surface area contributed by atoms with E-state index < -0.39 is 0 Å². The molecule has 2 rings (SSSR count). The van der Waals surface area contributed by atoms with Crippen molar-refractivity contribution in [2.24, 2.45) is 0 Å². The number of nitrogens with one attached hydrogen (secondary N) is 1. The summed E-state index contributed by atoms with van der Waals surface area (Å²) in [7, 11) is 0. The lowest BCUT2D eigenvalue weighted by Gasteiger charge is -2.34. The molecule has 2 aliphatic rings. The number of carbonyl (C=O) groups excluding carboxylic acids is 1. The molecule has 1 aliphatic heterocycles. The van der Waals surface area contributed by atoms with Gasteiger partial charge >= 0.3 is 0 Å². The first-order valence-electron chi connectivity index (χ1n) is 7.79. The van der Waals surface area contributed by atoms with E-state index in [2.05, 4.69) is 33.3 Å². The molecule has 0 radical (unpaired) electrons. The minimum atomic E-state index is 0.0671. The molecule has 112 valence electrons. The first-order valence-corrected chi connectivity index (χ1v) is 7.79. The van der Waals surface area contributed by atoms with Crippen LogP contribution in [-0.4, -0.2) is 61.5 Å². The molecule has 1 aliphatic carbocycles. The zero-order valence-electron chi connectivity index (χ0n) is 12.6. The summed E-state index contributed by atoms with van der Waals surface area (Å²) in [5.74, 6) is 0.0671. The van der Waals surface area contributed by atoms with Gasteiger partial charge in [-0.25, -0.2) is 0 Å². The topological polar surface area (TPSA) is 35.6 Å². The Kier molecular flexibility index (Phi) is 6.27. The third kappa shape index (κ3) is 5.47. The average Bonchev–Trinajstić information content (AvgIpc) is 2.47. The summed E-state index contributed by atoms with van der Waals surface area (Å²) in [4.78, 5) is 15.8. The normalized spacial score (nSPS) is 20.8. The van der Waals surface area contributed by atoms with Crippen molar-refractivity contribution >= 4 is 5.91 Å².